The van der Waals surface area contributed by atoms with Gasteiger partial charge in [0.25, 0.3) is 5.91 Å². The molecule has 0 fully saturated rings. The summed E-state index contributed by atoms with van der Waals surface area (Å²) in [6, 6.07) is 11.5. The number of carbonyl (C=O) groups excluding carboxylic acids is 1. The number of carbonyl (C=O) groups is 1. The maximum atomic E-state index is 11.7. The van der Waals surface area contributed by atoms with Crippen LogP contribution in [0.3, 0.4) is 0 Å². The Morgan fingerprint density at radius 3 is 2.80 bits per heavy atom. The zero-order valence-corrected chi connectivity index (χ0v) is 12.1. The van der Waals surface area contributed by atoms with Crippen LogP contribution in [-0.2, 0) is 0 Å². The van der Waals surface area contributed by atoms with E-state index in [-0.39, 0.29) is 5.91 Å². The second-order valence-electron chi connectivity index (χ2n) is 3.88. The summed E-state index contributed by atoms with van der Waals surface area (Å²) in [6.45, 7) is 0. The number of hydrogen-bond donors (Lipinski definition) is 1. The van der Waals surface area contributed by atoms with Crippen LogP contribution in [0.25, 0.3) is 6.08 Å². The van der Waals surface area contributed by atoms with Gasteiger partial charge in [0.15, 0.2) is 0 Å². The fourth-order valence-corrected chi connectivity index (χ4v) is 1.82. The number of hydrogen-bond acceptors (Lipinski definition) is 3. The Hall–Kier alpha value is -2.27. The Morgan fingerprint density at radius 1 is 1.25 bits per heavy atom. The molecule has 100 valence electrons. The minimum Gasteiger partial charge on any atom is -0.267 e. The van der Waals surface area contributed by atoms with Crippen LogP contribution in [0.1, 0.15) is 15.9 Å². The lowest BCUT2D eigenvalue weighted by molar-refractivity contribution is 0.0954. The summed E-state index contributed by atoms with van der Waals surface area (Å²) in [5, 5.41) is 3.84. The largest absolute Gasteiger partial charge is 0.272 e. The van der Waals surface area contributed by atoms with E-state index in [4.69, 9.17) is 0 Å². The van der Waals surface area contributed by atoms with E-state index in [1.807, 2.05) is 36.4 Å². The molecular weight excluding hydrogens is 318 g/mol. The summed E-state index contributed by atoms with van der Waals surface area (Å²) >= 11 is 3.26. The van der Waals surface area contributed by atoms with Crippen molar-refractivity contribution in [3.8, 4) is 0 Å². The Balaban J connectivity index is 1.87. The maximum absolute atomic E-state index is 11.7. The molecule has 0 unspecified atom stereocenters. The van der Waals surface area contributed by atoms with Gasteiger partial charge in [-0.15, -0.1) is 0 Å². The fourth-order valence-electron chi connectivity index (χ4n) is 1.46. The predicted molar refractivity (Wildman–Crippen MR) is 83.4 cm³/mol. The van der Waals surface area contributed by atoms with Crippen molar-refractivity contribution in [3.05, 3.63) is 70.5 Å². The van der Waals surface area contributed by atoms with Crippen LogP contribution in [0.5, 0.6) is 0 Å². The van der Waals surface area contributed by atoms with Crippen molar-refractivity contribution in [3.63, 3.8) is 0 Å². The molecule has 0 saturated carbocycles. The minimum atomic E-state index is -0.303. The van der Waals surface area contributed by atoms with Crippen LogP contribution < -0.4 is 5.43 Å². The van der Waals surface area contributed by atoms with Crippen LogP contribution in [0, 0.1) is 0 Å². The number of nitrogens with zero attached hydrogens (tertiary/aromatic N) is 2. The third-order valence-electron chi connectivity index (χ3n) is 2.38. The Morgan fingerprint density at radius 2 is 2.05 bits per heavy atom. The highest BCUT2D eigenvalue weighted by atomic mass is 79.9. The minimum absolute atomic E-state index is 0.303. The van der Waals surface area contributed by atoms with E-state index in [2.05, 4.69) is 31.4 Å². The number of rotatable bonds is 4. The zero-order valence-electron chi connectivity index (χ0n) is 10.5. The van der Waals surface area contributed by atoms with Gasteiger partial charge in [-0.3, -0.25) is 9.78 Å². The van der Waals surface area contributed by atoms with E-state index in [0.29, 0.717) is 5.56 Å². The SMILES string of the molecule is O=C(N/N=C/C=C/c1ccccc1)c1cncc(Br)c1. The Labute approximate surface area is 125 Å². The van der Waals surface area contributed by atoms with E-state index in [1.165, 1.54) is 12.4 Å². The zero-order chi connectivity index (χ0) is 14.2. The van der Waals surface area contributed by atoms with Gasteiger partial charge >= 0.3 is 0 Å². The van der Waals surface area contributed by atoms with Crippen molar-refractivity contribution in [2.45, 2.75) is 0 Å². The van der Waals surface area contributed by atoms with E-state index in [9.17, 15) is 4.79 Å². The Bertz CT molecular complexity index is 639. The average Bonchev–Trinajstić information content (AvgIpc) is 2.48. The summed E-state index contributed by atoms with van der Waals surface area (Å²) in [6.07, 6.45) is 8.28. The number of halogens is 1. The normalized spacial score (nSPS) is 11.1. The number of allylic oxidation sites excluding steroid dienone is 1. The van der Waals surface area contributed by atoms with E-state index in [1.54, 1.807) is 18.3 Å². The third-order valence-corrected chi connectivity index (χ3v) is 2.82. The standard InChI is InChI=1S/C15H12BrN3O/c16-14-9-13(10-17-11-14)15(20)19-18-8-4-7-12-5-2-1-3-6-12/h1-11H,(H,19,20)/b7-4+,18-8+. The first kappa shape index (κ1) is 14.1. The molecule has 0 bridgehead atoms. The number of aromatic nitrogens is 1. The van der Waals surface area contributed by atoms with Crippen molar-refractivity contribution >= 4 is 34.1 Å². The lowest BCUT2D eigenvalue weighted by Gasteiger charge is -1.98. The third kappa shape index (κ3) is 4.44. The molecule has 1 amide bonds. The summed E-state index contributed by atoms with van der Waals surface area (Å²) in [4.78, 5) is 15.6. The summed E-state index contributed by atoms with van der Waals surface area (Å²) in [5.41, 5.74) is 3.95. The van der Waals surface area contributed by atoms with Crippen LogP contribution in [-0.4, -0.2) is 17.1 Å². The van der Waals surface area contributed by atoms with Gasteiger partial charge < -0.3 is 0 Å². The summed E-state index contributed by atoms with van der Waals surface area (Å²) in [5.74, 6) is -0.303. The van der Waals surface area contributed by atoms with E-state index >= 15 is 0 Å². The van der Waals surface area contributed by atoms with Crippen molar-refractivity contribution in [1.82, 2.24) is 10.4 Å². The molecule has 0 spiro atoms. The summed E-state index contributed by atoms with van der Waals surface area (Å²) < 4.78 is 0.748. The number of pyridine rings is 1. The number of hydrazone groups is 1. The molecule has 4 nitrogen and oxygen atoms in total. The van der Waals surface area contributed by atoms with Gasteiger partial charge in [-0.2, -0.15) is 5.10 Å². The first-order valence-electron chi connectivity index (χ1n) is 5.91. The fraction of sp³-hybridized carbons (Fsp3) is 0. The van der Waals surface area contributed by atoms with Crippen LogP contribution in [0.15, 0.2) is 64.4 Å². The number of benzene rings is 1. The molecular formula is C15H12BrN3O. The lowest BCUT2D eigenvalue weighted by Crippen LogP contribution is -2.17. The van der Waals surface area contributed by atoms with Crippen LogP contribution in [0.2, 0.25) is 0 Å². The van der Waals surface area contributed by atoms with Crippen LogP contribution >= 0.6 is 15.9 Å². The average molecular weight is 330 g/mol. The van der Waals surface area contributed by atoms with Gasteiger partial charge in [-0.25, -0.2) is 5.43 Å². The van der Waals surface area contributed by atoms with Crippen molar-refractivity contribution in [2.24, 2.45) is 5.10 Å². The van der Waals surface area contributed by atoms with Gasteiger partial charge in [0.1, 0.15) is 0 Å². The highest BCUT2D eigenvalue weighted by Gasteiger charge is 2.04. The first-order valence-corrected chi connectivity index (χ1v) is 6.71. The van der Waals surface area contributed by atoms with Gasteiger partial charge in [-0.05, 0) is 33.6 Å². The second kappa shape index (κ2) is 7.35. The highest BCUT2D eigenvalue weighted by molar-refractivity contribution is 9.10. The quantitative estimate of drug-likeness (QED) is 0.691. The summed E-state index contributed by atoms with van der Waals surface area (Å²) in [7, 11) is 0. The van der Waals surface area contributed by atoms with Gasteiger partial charge in [-0.1, -0.05) is 36.4 Å². The molecule has 1 N–H and O–H groups in total. The van der Waals surface area contributed by atoms with Gasteiger partial charge in [0.2, 0.25) is 0 Å². The number of amides is 1. The van der Waals surface area contributed by atoms with E-state index in [0.717, 1.165) is 10.0 Å². The van der Waals surface area contributed by atoms with E-state index < -0.39 is 0 Å². The maximum Gasteiger partial charge on any atom is 0.272 e. The van der Waals surface area contributed by atoms with Crippen molar-refractivity contribution in [1.29, 1.82) is 0 Å². The second-order valence-corrected chi connectivity index (χ2v) is 4.80. The topological polar surface area (TPSA) is 54.4 Å². The molecule has 2 aromatic rings. The smallest absolute Gasteiger partial charge is 0.267 e. The molecule has 20 heavy (non-hydrogen) atoms. The molecule has 1 heterocycles. The Kier molecular flexibility index (Phi) is 5.20. The molecule has 1 aromatic heterocycles. The molecule has 0 saturated heterocycles. The van der Waals surface area contributed by atoms with Gasteiger partial charge in [0.05, 0.1) is 5.56 Å². The molecule has 2 rings (SSSR count). The van der Waals surface area contributed by atoms with Crippen molar-refractivity contribution < 1.29 is 4.79 Å². The molecule has 5 heteroatoms. The molecule has 1 aromatic carbocycles. The van der Waals surface area contributed by atoms with Gasteiger partial charge in [0, 0.05) is 23.1 Å². The van der Waals surface area contributed by atoms with Crippen LogP contribution in [0.4, 0.5) is 0 Å². The predicted octanol–water partition coefficient (Wildman–Crippen LogP) is 3.27. The monoisotopic (exact) mass is 329 g/mol. The molecule has 0 aliphatic carbocycles. The number of nitrogens with one attached hydrogen (secondary N) is 1. The molecule has 0 aliphatic heterocycles. The molecule has 0 radical (unpaired) electrons. The first-order chi connectivity index (χ1) is 9.75. The highest BCUT2D eigenvalue weighted by Crippen LogP contribution is 2.09. The lowest BCUT2D eigenvalue weighted by atomic mass is 10.2. The van der Waals surface area contributed by atoms with Crippen molar-refractivity contribution in [2.75, 3.05) is 0 Å². The molecule has 0 aliphatic rings. The molecule has 0 atom stereocenters.